The topological polar surface area (TPSA) is 37.4 Å². The molecule has 0 saturated carbocycles. The molecule has 3 nitrogen and oxygen atoms in total. The lowest BCUT2D eigenvalue weighted by atomic mass is 10.4. The molecule has 0 atom stereocenters. The van der Waals surface area contributed by atoms with Crippen LogP contribution >= 0.6 is 11.6 Å². The van der Waals surface area contributed by atoms with Gasteiger partial charge in [-0.05, 0) is 6.42 Å². The Morgan fingerprint density at radius 2 is 2.18 bits per heavy atom. The third-order valence-electron chi connectivity index (χ3n) is 1.41. The molecule has 1 rings (SSSR count). The molecule has 0 aromatic rings. The monoisotopic (exact) mass is 173 g/mol. The molecular weight excluding hydrogens is 166 g/mol. The maximum absolute atomic E-state index is 11.0. The highest BCUT2D eigenvalue weighted by molar-refractivity contribution is 6.46. The van der Waals surface area contributed by atoms with Crippen LogP contribution in [-0.4, -0.2) is 23.3 Å². The van der Waals surface area contributed by atoms with E-state index < -0.39 is 0 Å². The van der Waals surface area contributed by atoms with Gasteiger partial charge in [-0.3, -0.25) is 14.5 Å². The van der Waals surface area contributed by atoms with E-state index in [1.807, 2.05) is 6.92 Å². The Kier molecular flexibility index (Phi) is 2.29. The van der Waals surface area contributed by atoms with Crippen LogP contribution in [0.1, 0.15) is 13.3 Å². The quantitative estimate of drug-likeness (QED) is 0.582. The van der Waals surface area contributed by atoms with Crippen LogP contribution in [0.4, 0.5) is 0 Å². The van der Waals surface area contributed by atoms with Crippen LogP contribution in [0.15, 0.2) is 11.1 Å². The molecule has 0 aromatic carbocycles. The molecule has 4 heteroatoms. The van der Waals surface area contributed by atoms with Crippen molar-refractivity contribution in [2.24, 2.45) is 0 Å². The average Bonchev–Trinajstić information content (AvgIpc) is 2.17. The summed E-state index contributed by atoms with van der Waals surface area (Å²) in [6, 6.07) is 0. The molecular formula is C7H8ClNO2. The maximum Gasteiger partial charge on any atom is 0.272 e. The minimum absolute atomic E-state index is 0.0171. The van der Waals surface area contributed by atoms with E-state index in [0.717, 1.165) is 17.4 Å². The SMILES string of the molecule is CCCN1C(=O)C=C(Cl)C1=O. The Balaban J connectivity index is 2.73. The first-order chi connectivity index (χ1) is 5.16. The number of halogens is 1. The van der Waals surface area contributed by atoms with Crippen molar-refractivity contribution in [1.29, 1.82) is 0 Å². The third-order valence-corrected chi connectivity index (χ3v) is 1.68. The van der Waals surface area contributed by atoms with Crippen molar-refractivity contribution < 1.29 is 9.59 Å². The van der Waals surface area contributed by atoms with Crippen molar-refractivity contribution in [2.45, 2.75) is 13.3 Å². The largest absolute Gasteiger partial charge is 0.274 e. The molecule has 1 aliphatic heterocycles. The highest BCUT2D eigenvalue weighted by atomic mass is 35.5. The second-order valence-corrected chi connectivity index (χ2v) is 2.69. The summed E-state index contributed by atoms with van der Waals surface area (Å²) < 4.78 is 0. The predicted octanol–water partition coefficient (Wildman–Crippen LogP) is 0.888. The van der Waals surface area contributed by atoms with Gasteiger partial charge in [-0.1, -0.05) is 18.5 Å². The first kappa shape index (κ1) is 8.27. The van der Waals surface area contributed by atoms with Crippen LogP contribution in [0.3, 0.4) is 0 Å². The summed E-state index contributed by atoms with van der Waals surface area (Å²) in [5.74, 6) is -0.680. The highest BCUT2D eigenvalue weighted by Crippen LogP contribution is 2.15. The molecule has 1 heterocycles. The predicted molar refractivity (Wildman–Crippen MR) is 40.9 cm³/mol. The van der Waals surface area contributed by atoms with Crippen LogP contribution in [-0.2, 0) is 9.59 Å². The van der Waals surface area contributed by atoms with Gasteiger partial charge in [0.15, 0.2) is 0 Å². The second-order valence-electron chi connectivity index (χ2n) is 2.29. The van der Waals surface area contributed by atoms with E-state index in [9.17, 15) is 9.59 Å². The third kappa shape index (κ3) is 1.43. The Labute approximate surface area is 69.6 Å². The standard InChI is InChI=1S/C7H8ClNO2/c1-2-3-9-6(10)4-5(8)7(9)11/h4H,2-3H2,1H3. The van der Waals surface area contributed by atoms with Crippen molar-refractivity contribution in [3.8, 4) is 0 Å². The molecule has 0 aliphatic carbocycles. The van der Waals surface area contributed by atoms with E-state index in [1.54, 1.807) is 0 Å². The highest BCUT2D eigenvalue weighted by Gasteiger charge is 2.28. The van der Waals surface area contributed by atoms with Crippen LogP contribution in [0.25, 0.3) is 0 Å². The molecule has 0 unspecified atom stereocenters. The first-order valence-corrected chi connectivity index (χ1v) is 3.77. The molecule has 60 valence electrons. The smallest absolute Gasteiger partial charge is 0.272 e. The van der Waals surface area contributed by atoms with E-state index in [4.69, 9.17) is 11.6 Å². The lowest BCUT2D eigenvalue weighted by Gasteiger charge is -2.11. The maximum atomic E-state index is 11.0. The van der Waals surface area contributed by atoms with E-state index in [0.29, 0.717) is 6.54 Å². The zero-order chi connectivity index (χ0) is 8.43. The van der Waals surface area contributed by atoms with Crippen molar-refractivity contribution in [3.63, 3.8) is 0 Å². The summed E-state index contributed by atoms with van der Waals surface area (Å²) in [5.41, 5.74) is 0. The Hall–Kier alpha value is -0.830. The molecule has 2 amide bonds. The van der Waals surface area contributed by atoms with E-state index in [1.165, 1.54) is 0 Å². The van der Waals surface area contributed by atoms with Gasteiger partial charge < -0.3 is 0 Å². The minimum atomic E-state index is -0.376. The van der Waals surface area contributed by atoms with Gasteiger partial charge in [0.2, 0.25) is 0 Å². The Morgan fingerprint density at radius 3 is 2.55 bits per heavy atom. The Morgan fingerprint density at radius 1 is 1.55 bits per heavy atom. The number of carbonyl (C=O) groups excluding carboxylic acids is 2. The normalized spacial score (nSPS) is 17.6. The molecule has 0 spiro atoms. The van der Waals surface area contributed by atoms with Gasteiger partial charge in [-0.15, -0.1) is 0 Å². The van der Waals surface area contributed by atoms with E-state index in [2.05, 4.69) is 0 Å². The molecule has 11 heavy (non-hydrogen) atoms. The summed E-state index contributed by atoms with van der Waals surface area (Å²) in [7, 11) is 0. The van der Waals surface area contributed by atoms with Gasteiger partial charge in [0.25, 0.3) is 11.8 Å². The fourth-order valence-electron chi connectivity index (χ4n) is 0.912. The number of hydrogen-bond donors (Lipinski definition) is 0. The number of hydrogen-bond acceptors (Lipinski definition) is 2. The lowest BCUT2D eigenvalue weighted by molar-refractivity contribution is -0.136. The van der Waals surface area contributed by atoms with E-state index in [-0.39, 0.29) is 16.8 Å². The van der Waals surface area contributed by atoms with Gasteiger partial charge in [0.05, 0.1) is 0 Å². The molecule has 0 radical (unpaired) electrons. The molecule has 0 N–H and O–H groups in total. The van der Waals surface area contributed by atoms with Crippen LogP contribution in [0.5, 0.6) is 0 Å². The van der Waals surface area contributed by atoms with Gasteiger partial charge >= 0.3 is 0 Å². The van der Waals surface area contributed by atoms with Gasteiger partial charge in [-0.25, -0.2) is 0 Å². The number of amides is 2. The summed E-state index contributed by atoms with van der Waals surface area (Å²) in [6.07, 6.45) is 1.91. The molecule has 0 saturated heterocycles. The van der Waals surface area contributed by atoms with Gasteiger partial charge in [0, 0.05) is 12.6 Å². The number of imide groups is 1. The fraction of sp³-hybridized carbons (Fsp3) is 0.429. The van der Waals surface area contributed by atoms with Crippen LogP contribution < -0.4 is 0 Å². The minimum Gasteiger partial charge on any atom is -0.274 e. The molecule has 0 bridgehead atoms. The molecule has 1 aliphatic rings. The molecule has 0 fully saturated rings. The summed E-state index contributed by atoms with van der Waals surface area (Å²) in [5, 5.41) is 0.0171. The van der Waals surface area contributed by atoms with Crippen molar-refractivity contribution in [3.05, 3.63) is 11.1 Å². The number of rotatable bonds is 2. The second kappa shape index (κ2) is 3.05. The summed E-state index contributed by atoms with van der Waals surface area (Å²) in [6.45, 7) is 2.34. The van der Waals surface area contributed by atoms with Crippen LogP contribution in [0, 0.1) is 0 Å². The summed E-state index contributed by atoms with van der Waals surface area (Å²) >= 11 is 5.44. The Bertz CT molecular complexity index is 235. The number of carbonyl (C=O) groups is 2. The zero-order valence-electron chi connectivity index (χ0n) is 6.13. The average molecular weight is 174 g/mol. The fourth-order valence-corrected chi connectivity index (χ4v) is 1.11. The van der Waals surface area contributed by atoms with Gasteiger partial charge in [-0.2, -0.15) is 0 Å². The van der Waals surface area contributed by atoms with E-state index >= 15 is 0 Å². The van der Waals surface area contributed by atoms with Crippen molar-refractivity contribution >= 4 is 23.4 Å². The number of nitrogens with zero attached hydrogens (tertiary/aromatic N) is 1. The summed E-state index contributed by atoms with van der Waals surface area (Å²) in [4.78, 5) is 23.1. The lowest BCUT2D eigenvalue weighted by Crippen LogP contribution is -2.31. The zero-order valence-corrected chi connectivity index (χ0v) is 6.89. The molecule has 0 aromatic heterocycles. The van der Waals surface area contributed by atoms with Gasteiger partial charge in [0.1, 0.15) is 5.03 Å². The van der Waals surface area contributed by atoms with Crippen molar-refractivity contribution in [2.75, 3.05) is 6.54 Å². The van der Waals surface area contributed by atoms with Crippen molar-refractivity contribution in [1.82, 2.24) is 4.90 Å². The first-order valence-electron chi connectivity index (χ1n) is 3.40. The van der Waals surface area contributed by atoms with Crippen LogP contribution in [0.2, 0.25) is 0 Å².